The number of ether oxygens (including phenoxy) is 3. The number of nitrogens with zero attached hydrogens (tertiary/aromatic N) is 1. The van der Waals surface area contributed by atoms with Crippen molar-refractivity contribution in [3.05, 3.63) is 72.3 Å². The van der Waals surface area contributed by atoms with E-state index in [9.17, 15) is 9.59 Å². The Bertz CT molecular complexity index is 971. The molecule has 3 aliphatic rings. The number of rotatable bonds is 5. The number of hydrogen-bond acceptors (Lipinski definition) is 5. The van der Waals surface area contributed by atoms with Crippen molar-refractivity contribution in [3.8, 4) is 5.75 Å². The molecule has 6 heteroatoms. The Morgan fingerprint density at radius 3 is 2.66 bits per heavy atom. The van der Waals surface area contributed by atoms with Gasteiger partial charge in [0, 0.05) is 5.69 Å². The lowest BCUT2D eigenvalue weighted by Gasteiger charge is -2.22. The number of amides is 1. The molecule has 0 aromatic heterocycles. The van der Waals surface area contributed by atoms with Crippen molar-refractivity contribution in [2.24, 2.45) is 11.8 Å². The van der Waals surface area contributed by atoms with Gasteiger partial charge in [-0.25, -0.2) is 0 Å². The second-order valence-corrected chi connectivity index (χ2v) is 7.62. The third kappa shape index (κ3) is 2.83. The molecule has 148 valence electrons. The van der Waals surface area contributed by atoms with Crippen LogP contribution in [-0.4, -0.2) is 37.2 Å². The highest BCUT2D eigenvalue weighted by molar-refractivity contribution is 6.02. The minimum absolute atomic E-state index is 0.108. The summed E-state index contributed by atoms with van der Waals surface area (Å²) in [6.45, 7) is 0.570. The maximum absolute atomic E-state index is 13.3. The number of carbonyl (C=O) groups excluding carboxylic acids is 2. The van der Waals surface area contributed by atoms with Crippen LogP contribution in [0.1, 0.15) is 5.56 Å². The van der Waals surface area contributed by atoms with Crippen molar-refractivity contribution >= 4 is 17.6 Å². The maximum Gasteiger partial charge on any atom is 0.313 e. The van der Waals surface area contributed by atoms with Gasteiger partial charge in [-0.05, 0) is 29.8 Å². The number of benzene rings is 2. The van der Waals surface area contributed by atoms with E-state index in [0.29, 0.717) is 6.54 Å². The van der Waals surface area contributed by atoms with E-state index in [2.05, 4.69) is 0 Å². The topological polar surface area (TPSA) is 65.1 Å². The van der Waals surface area contributed by atoms with E-state index in [1.165, 1.54) is 0 Å². The van der Waals surface area contributed by atoms with E-state index in [4.69, 9.17) is 14.2 Å². The zero-order chi connectivity index (χ0) is 20.0. The molecule has 29 heavy (non-hydrogen) atoms. The summed E-state index contributed by atoms with van der Waals surface area (Å²) in [5, 5.41) is 0. The van der Waals surface area contributed by atoms with Crippen molar-refractivity contribution in [2.45, 2.75) is 18.3 Å². The van der Waals surface area contributed by atoms with Gasteiger partial charge in [0.2, 0.25) is 5.91 Å². The molecule has 3 heterocycles. The van der Waals surface area contributed by atoms with Crippen LogP contribution in [0.25, 0.3) is 0 Å². The fraction of sp³-hybridized carbons (Fsp3) is 0.304. The molecular weight excluding hydrogens is 370 g/mol. The predicted molar refractivity (Wildman–Crippen MR) is 105 cm³/mol. The van der Waals surface area contributed by atoms with Crippen LogP contribution >= 0.6 is 0 Å². The van der Waals surface area contributed by atoms with E-state index in [0.717, 1.165) is 17.0 Å². The summed E-state index contributed by atoms with van der Waals surface area (Å²) in [6.07, 6.45) is 3.41. The molecular formula is C23H21NO5. The third-order valence-electron chi connectivity index (χ3n) is 5.98. The van der Waals surface area contributed by atoms with Gasteiger partial charge in [-0.2, -0.15) is 0 Å². The Morgan fingerprint density at radius 2 is 1.93 bits per heavy atom. The van der Waals surface area contributed by atoms with E-state index >= 15 is 0 Å². The van der Waals surface area contributed by atoms with Crippen molar-refractivity contribution in [3.63, 3.8) is 0 Å². The molecule has 2 aromatic carbocycles. The number of hydrogen-bond donors (Lipinski definition) is 0. The molecule has 5 rings (SSSR count). The molecule has 0 N–H and O–H groups in total. The van der Waals surface area contributed by atoms with Crippen LogP contribution in [0, 0.1) is 11.8 Å². The summed E-state index contributed by atoms with van der Waals surface area (Å²) in [4.78, 5) is 27.9. The van der Waals surface area contributed by atoms with Gasteiger partial charge in [0.1, 0.15) is 23.9 Å². The molecule has 2 saturated heterocycles. The highest BCUT2D eigenvalue weighted by atomic mass is 16.6. The summed E-state index contributed by atoms with van der Waals surface area (Å²) >= 11 is 0. The van der Waals surface area contributed by atoms with E-state index in [1.54, 1.807) is 12.0 Å². The Labute approximate surface area is 168 Å². The van der Waals surface area contributed by atoms with Crippen LogP contribution in [0.3, 0.4) is 0 Å². The zero-order valence-corrected chi connectivity index (χ0v) is 16.0. The Morgan fingerprint density at radius 1 is 1.17 bits per heavy atom. The highest BCUT2D eigenvalue weighted by Gasteiger charge is 2.67. The van der Waals surface area contributed by atoms with Gasteiger partial charge in [0.15, 0.2) is 0 Å². The van der Waals surface area contributed by atoms with Gasteiger partial charge in [0.25, 0.3) is 0 Å². The number of fused-ring (bicyclic) bond motifs is 1. The smallest absolute Gasteiger partial charge is 0.313 e. The van der Waals surface area contributed by atoms with Gasteiger partial charge in [-0.1, -0.05) is 42.5 Å². The number of esters is 1. The van der Waals surface area contributed by atoms with Crippen LogP contribution in [0.15, 0.2) is 66.7 Å². The largest absolute Gasteiger partial charge is 0.497 e. The van der Waals surface area contributed by atoms with Crippen molar-refractivity contribution in [1.82, 2.24) is 0 Å². The first-order valence-electron chi connectivity index (χ1n) is 9.64. The Hall–Kier alpha value is -3.12. The third-order valence-corrected chi connectivity index (χ3v) is 5.98. The van der Waals surface area contributed by atoms with Gasteiger partial charge in [0.05, 0.1) is 25.7 Å². The molecule has 1 spiro atoms. The average Bonchev–Trinajstić information content (AvgIpc) is 3.41. The molecule has 3 aliphatic heterocycles. The Kier molecular flexibility index (Phi) is 4.17. The van der Waals surface area contributed by atoms with Crippen molar-refractivity contribution in [1.29, 1.82) is 0 Å². The number of carbonyl (C=O) groups is 2. The second kappa shape index (κ2) is 6.74. The van der Waals surface area contributed by atoms with Gasteiger partial charge < -0.3 is 19.1 Å². The molecule has 0 unspecified atom stereocenters. The summed E-state index contributed by atoms with van der Waals surface area (Å²) in [6, 6.07) is 16.8. The Balaban J connectivity index is 1.37. The molecule has 2 fully saturated rings. The zero-order valence-electron chi connectivity index (χ0n) is 16.0. The van der Waals surface area contributed by atoms with Crippen LogP contribution in [0.4, 0.5) is 5.69 Å². The lowest BCUT2D eigenvalue weighted by atomic mass is 9.77. The number of methoxy groups -OCH3 is 1. The molecule has 6 nitrogen and oxygen atoms in total. The SMILES string of the molecule is COc1ccc(N2C[C@@]34C=C[C@@H](O3)[C@@H](C(=O)OCc3ccccc3)[C@H]4C2=O)cc1. The van der Waals surface area contributed by atoms with Gasteiger partial charge in [-0.3, -0.25) is 9.59 Å². The molecule has 0 aliphatic carbocycles. The standard InChI is InChI=1S/C23H21NO5/c1-27-17-9-7-16(8-10-17)24-14-23-12-11-18(29-23)19(20(23)21(24)25)22(26)28-13-15-5-3-2-4-6-15/h2-12,18-20H,13-14H2,1H3/t18-,19-,20+,23-/m1/s1. The summed E-state index contributed by atoms with van der Waals surface area (Å²) in [7, 11) is 1.60. The summed E-state index contributed by atoms with van der Waals surface area (Å²) < 4.78 is 16.9. The van der Waals surface area contributed by atoms with E-state index in [-0.39, 0.29) is 18.5 Å². The normalized spacial score (nSPS) is 29.2. The van der Waals surface area contributed by atoms with Crippen LogP contribution < -0.4 is 9.64 Å². The predicted octanol–water partition coefficient (Wildman–Crippen LogP) is 2.73. The quantitative estimate of drug-likeness (QED) is 0.579. The van der Waals surface area contributed by atoms with E-state index in [1.807, 2.05) is 66.7 Å². The first-order valence-corrected chi connectivity index (χ1v) is 9.64. The summed E-state index contributed by atoms with van der Waals surface area (Å²) in [5.74, 6) is -0.968. The number of anilines is 1. The first kappa shape index (κ1) is 17.9. The molecule has 2 bridgehead atoms. The second-order valence-electron chi connectivity index (χ2n) is 7.62. The molecule has 2 aromatic rings. The van der Waals surface area contributed by atoms with Crippen molar-refractivity contribution in [2.75, 3.05) is 18.6 Å². The molecule has 0 radical (unpaired) electrons. The monoisotopic (exact) mass is 391 g/mol. The lowest BCUT2D eigenvalue weighted by Crippen LogP contribution is -2.40. The fourth-order valence-electron chi connectivity index (χ4n) is 4.57. The fourth-order valence-corrected chi connectivity index (χ4v) is 4.57. The van der Waals surface area contributed by atoms with Gasteiger partial charge >= 0.3 is 5.97 Å². The molecule has 1 amide bonds. The highest BCUT2D eigenvalue weighted by Crippen LogP contribution is 2.53. The molecule has 0 saturated carbocycles. The minimum Gasteiger partial charge on any atom is -0.497 e. The lowest BCUT2D eigenvalue weighted by molar-refractivity contribution is -0.153. The van der Waals surface area contributed by atoms with Crippen molar-refractivity contribution < 1.29 is 23.8 Å². The average molecular weight is 391 g/mol. The minimum atomic E-state index is -0.766. The first-order chi connectivity index (χ1) is 14.1. The van der Waals surface area contributed by atoms with Crippen LogP contribution in [-0.2, 0) is 25.7 Å². The van der Waals surface area contributed by atoms with Gasteiger partial charge in [-0.15, -0.1) is 0 Å². The maximum atomic E-state index is 13.3. The molecule has 4 atom stereocenters. The van der Waals surface area contributed by atoms with Crippen LogP contribution in [0.2, 0.25) is 0 Å². The van der Waals surface area contributed by atoms with E-state index < -0.39 is 23.5 Å². The van der Waals surface area contributed by atoms with Crippen LogP contribution in [0.5, 0.6) is 5.75 Å². The summed E-state index contributed by atoms with van der Waals surface area (Å²) in [5.41, 5.74) is 0.905.